The Morgan fingerprint density at radius 2 is 1.95 bits per heavy atom. The SMILES string of the molecule is CCCCCC[C@@H]1C=C2CCCC(=O)[C@@]3(CCCC[C@@H]13)C2=O. The predicted molar refractivity (Wildman–Crippen MR) is 88.6 cm³/mol. The molecule has 3 atom stereocenters. The van der Waals surface area contributed by atoms with Crippen LogP contribution in [0.15, 0.2) is 11.6 Å². The molecule has 0 N–H and O–H groups in total. The van der Waals surface area contributed by atoms with Crippen molar-refractivity contribution in [3.05, 3.63) is 11.6 Å². The highest BCUT2D eigenvalue weighted by atomic mass is 16.2. The number of hydrogen-bond acceptors (Lipinski definition) is 2. The maximum atomic E-state index is 13.0. The molecule has 2 saturated carbocycles. The van der Waals surface area contributed by atoms with Gasteiger partial charge in [-0.2, -0.15) is 0 Å². The van der Waals surface area contributed by atoms with E-state index in [1.807, 2.05) is 0 Å². The molecule has 0 aromatic carbocycles. The molecule has 2 bridgehead atoms. The van der Waals surface area contributed by atoms with Crippen molar-refractivity contribution in [3.63, 3.8) is 0 Å². The number of Topliss-reactive ketones (excluding diaryl/α,β-unsaturated/α-hetero) is 2. The van der Waals surface area contributed by atoms with Gasteiger partial charge in [0.05, 0.1) is 5.41 Å². The molecule has 22 heavy (non-hydrogen) atoms. The molecule has 3 aliphatic carbocycles. The van der Waals surface area contributed by atoms with Crippen LogP contribution in [0.2, 0.25) is 0 Å². The summed E-state index contributed by atoms with van der Waals surface area (Å²) in [4.78, 5) is 25.9. The maximum absolute atomic E-state index is 13.0. The highest BCUT2D eigenvalue weighted by molar-refractivity contribution is 6.16. The van der Waals surface area contributed by atoms with Crippen molar-refractivity contribution in [1.29, 1.82) is 0 Å². The van der Waals surface area contributed by atoms with E-state index in [1.54, 1.807) is 0 Å². The smallest absolute Gasteiger partial charge is 0.172 e. The number of carbonyl (C=O) groups excluding carboxylic acids is 2. The fraction of sp³-hybridized carbons (Fsp3) is 0.800. The molecule has 1 spiro atoms. The first kappa shape index (κ1) is 16.0. The summed E-state index contributed by atoms with van der Waals surface area (Å²) in [5, 5.41) is 0. The number of fused-ring (bicyclic) bond motifs is 1. The molecule has 2 nitrogen and oxygen atoms in total. The third kappa shape index (κ3) is 2.59. The Balaban J connectivity index is 1.87. The number of carbonyl (C=O) groups is 2. The molecule has 0 aliphatic heterocycles. The number of allylic oxidation sites excluding steroid dienone is 2. The van der Waals surface area contributed by atoms with Crippen LogP contribution in [0.1, 0.15) is 84.0 Å². The van der Waals surface area contributed by atoms with Gasteiger partial charge in [0.1, 0.15) is 5.78 Å². The second kappa shape index (κ2) is 6.68. The molecule has 0 heterocycles. The van der Waals surface area contributed by atoms with E-state index >= 15 is 0 Å². The second-order valence-corrected chi connectivity index (χ2v) is 7.63. The fourth-order valence-corrected chi connectivity index (χ4v) is 5.22. The van der Waals surface area contributed by atoms with Crippen molar-refractivity contribution < 1.29 is 9.59 Å². The molecule has 0 saturated heterocycles. The van der Waals surface area contributed by atoms with Crippen LogP contribution in [0.4, 0.5) is 0 Å². The Morgan fingerprint density at radius 3 is 2.77 bits per heavy atom. The second-order valence-electron chi connectivity index (χ2n) is 7.63. The third-order valence-electron chi connectivity index (χ3n) is 6.34. The average Bonchev–Trinajstić information content (AvgIpc) is 2.61. The van der Waals surface area contributed by atoms with Gasteiger partial charge in [0.15, 0.2) is 5.78 Å². The van der Waals surface area contributed by atoms with Crippen LogP contribution >= 0.6 is 0 Å². The summed E-state index contributed by atoms with van der Waals surface area (Å²) in [6, 6.07) is 0. The van der Waals surface area contributed by atoms with Gasteiger partial charge in [-0.05, 0) is 49.5 Å². The summed E-state index contributed by atoms with van der Waals surface area (Å²) in [6.45, 7) is 2.24. The van der Waals surface area contributed by atoms with Crippen molar-refractivity contribution in [2.24, 2.45) is 17.3 Å². The highest BCUT2D eigenvalue weighted by Crippen LogP contribution is 2.54. The van der Waals surface area contributed by atoms with Gasteiger partial charge in [-0.15, -0.1) is 0 Å². The normalized spacial score (nSPS) is 34.9. The number of rotatable bonds is 5. The van der Waals surface area contributed by atoms with Crippen LogP contribution < -0.4 is 0 Å². The lowest BCUT2D eigenvalue weighted by Gasteiger charge is -2.47. The van der Waals surface area contributed by atoms with Gasteiger partial charge in [-0.3, -0.25) is 9.59 Å². The largest absolute Gasteiger partial charge is 0.299 e. The molecule has 3 aliphatic rings. The minimum atomic E-state index is -0.603. The van der Waals surface area contributed by atoms with Crippen LogP contribution in [0.25, 0.3) is 0 Å². The Kier molecular flexibility index (Phi) is 4.84. The molecule has 122 valence electrons. The lowest BCUT2D eigenvalue weighted by molar-refractivity contribution is -0.147. The van der Waals surface area contributed by atoms with Gasteiger partial charge in [0, 0.05) is 6.42 Å². The molecule has 2 fully saturated rings. The molecule has 2 heteroatoms. The van der Waals surface area contributed by atoms with Crippen LogP contribution in [0.5, 0.6) is 0 Å². The molecule has 0 amide bonds. The molecule has 0 aromatic heterocycles. The zero-order valence-corrected chi connectivity index (χ0v) is 14.0. The highest BCUT2D eigenvalue weighted by Gasteiger charge is 2.57. The van der Waals surface area contributed by atoms with E-state index in [4.69, 9.17) is 0 Å². The lowest BCUT2D eigenvalue weighted by Crippen LogP contribution is -2.51. The van der Waals surface area contributed by atoms with Crippen molar-refractivity contribution in [2.45, 2.75) is 84.0 Å². The quantitative estimate of drug-likeness (QED) is 0.528. The van der Waals surface area contributed by atoms with Crippen molar-refractivity contribution >= 4 is 11.6 Å². The van der Waals surface area contributed by atoms with E-state index in [0.29, 0.717) is 18.3 Å². The van der Waals surface area contributed by atoms with Crippen molar-refractivity contribution in [1.82, 2.24) is 0 Å². The van der Waals surface area contributed by atoms with Crippen LogP contribution in [0.3, 0.4) is 0 Å². The van der Waals surface area contributed by atoms with Crippen LogP contribution in [-0.4, -0.2) is 11.6 Å². The first-order valence-electron chi connectivity index (χ1n) is 9.49. The van der Waals surface area contributed by atoms with Crippen molar-refractivity contribution in [3.8, 4) is 0 Å². The Bertz CT molecular complexity index is 476. The lowest BCUT2D eigenvalue weighted by atomic mass is 9.53. The van der Waals surface area contributed by atoms with E-state index in [0.717, 1.165) is 37.7 Å². The Labute approximate surface area is 134 Å². The summed E-state index contributed by atoms with van der Waals surface area (Å²) >= 11 is 0. The monoisotopic (exact) mass is 302 g/mol. The minimum Gasteiger partial charge on any atom is -0.299 e. The van der Waals surface area contributed by atoms with Gasteiger partial charge in [0.25, 0.3) is 0 Å². The van der Waals surface area contributed by atoms with E-state index < -0.39 is 5.41 Å². The van der Waals surface area contributed by atoms with Gasteiger partial charge < -0.3 is 0 Å². The number of hydrogen-bond donors (Lipinski definition) is 0. The summed E-state index contributed by atoms with van der Waals surface area (Å²) in [6.07, 6.45) is 15.1. The van der Waals surface area contributed by atoms with E-state index in [9.17, 15) is 9.59 Å². The van der Waals surface area contributed by atoms with Gasteiger partial charge in [-0.1, -0.05) is 51.5 Å². The molecule has 3 rings (SSSR count). The zero-order chi connectivity index (χ0) is 15.6. The first-order chi connectivity index (χ1) is 10.7. The maximum Gasteiger partial charge on any atom is 0.172 e. The van der Waals surface area contributed by atoms with E-state index in [1.165, 1.54) is 38.5 Å². The summed E-state index contributed by atoms with van der Waals surface area (Å²) in [7, 11) is 0. The molecular formula is C20H30O2. The zero-order valence-electron chi connectivity index (χ0n) is 14.0. The number of unbranched alkanes of at least 4 members (excludes halogenated alkanes) is 3. The molecule has 0 unspecified atom stereocenters. The van der Waals surface area contributed by atoms with Gasteiger partial charge >= 0.3 is 0 Å². The van der Waals surface area contributed by atoms with Crippen LogP contribution in [0, 0.1) is 17.3 Å². The minimum absolute atomic E-state index is 0.226. The topological polar surface area (TPSA) is 34.1 Å². The van der Waals surface area contributed by atoms with Crippen LogP contribution in [-0.2, 0) is 9.59 Å². The number of ketones is 2. The van der Waals surface area contributed by atoms with Gasteiger partial charge in [-0.25, -0.2) is 0 Å². The first-order valence-corrected chi connectivity index (χ1v) is 9.49. The summed E-state index contributed by atoms with van der Waals surface area (Å²) in [5.74, 6) is 1.30. The predicted octanol–water partition coefficient (Wildman–Crippen LogP) is 5.01. The fourth-order valence-electron chi connectivity index (χ4n) is 5.22. The van der Waals surface area contributed by atoms with E-state index in [2.05, 4.69) is 13.0 Å². The summed E-state index contributed by atoms with van der Waals surface area (Å²) < 4.78 is 0. The Morgan fingerprint density at radius 1 is 1.09 bits per heavy atom. The standard InChI is InChI=1S/C20H30O2/c1-2-3-4-5-9-15-14-16-10-8-12-18(21)20(19(16)22)13-7-6-11-17(15)20/h14-15,17H,2-13H2,1H3/t15-,17+,20+/m1/s1. The summed E-state index contributed by atoms with van der Waals surface area (Å²) in [5.41, 5.74) is 0.401. The van der Waals surface area contributed by atoms with Gasteiger partial charge in [0.2, 0.25) is 0 Å². The molecule has 0 aromatic rings. The molecular weight excluding hydrogens is 272 g/mol. The van der Waals surface area contributed by atoms with Crippen molar-refractivity contribution in [2.75, 3.05) is 0 Å². The average molecular weight is 302 g/mol. The Hall–Kier alpha value is -0.920. The third-order valence-corrected chi connectivity index (χ3v) is 6.34. The van der Waals surface area contributed by atoms with E-state index in [-0.39, 0.29) is 11.6 Å². The molecule has 0 radical (unpaired) electrons.